The molecule has 0 saturated carbocycles. The van der Waals surface area contributed by atoms with Crippen molar-refractivity contribution in [3.63, 3.8) is 0 Å². The minimum atomic E-state index is -0.252. The van der Waals surface area contributed by atoms with Crippen LogP contribution in [0.15, 0.2) is 36.4 Å². The molecule has 1 aromatic rings. The van der Waals surface area contributed by atoms with Gasteiger partial charge in [0.1, 0.15) is 5.82 Å². The Kier molecular flexibility index (Phi) is 3.86. The summed E-state index contributed by atoms with van der Waals surface area (Å²) in [4.78, 5) is 25.9. The average molecular weight is 287 g/mol. The SMILES string of the molecule is O=C1C2CC=CCC2C(=O)N1CCCc1cccc(F)c1. The van der Waals surface area contributed by atoms with E-state index in [9.17, 15) is 14.0 Å². The van der Waals surface area contributed by atoms with Crippen molar-refractivity contribution in [2.75, 3.05) is 6.54 Å². The standard InChI is InChI=1S/C17H18FNO2/c18-13-7-3-5-12(11-13)6-4-10-19-16(20)14-8-1-2-9-15(14)17(19)21/h1-3,5,7,11,14-15H,4,6,8-10H2. The predicted octanol–water partition coefficient (Wildman–Crippen LogP) is 2.71. The number of allylic oxidation sites excluding steroid dienone is 2. The van der Waals surface area contributed by atoms with Crippen molar-refractivity contribution >= 4 is 11.8 Å². The molecular formula is C17H18FNO2. The number of rotatable bonds is 4. The molecular weight excluding hydrogens is 269 g/mol. The van der Waals surface area contributed by atoms with Gasteiger partial charge in [-0.3, -0.25) is 14.5 Å². The molecule has 2 unspecified atom stereocenters. The highest BCUT2D eigenvalue weighted by Crippen LogP contribution is 2.35. The minimum absolute atomic E-state index is 0.0337. The Bertz CT molecular complexity index is 570. The van der Waals surface area contributed by atoms with E-state index < -0.39 is 0 Å². The van der Waals surface area contributed by atoms with Crippen LogP contribution in [0, 0.1) is 17.7 Å². The fourth-order valence-electron chi connectivity index (χ4n) is 3.22. The summed E-state index contributed by atoms with van der Waals surface area (Å²) in [6.45, 7) is 0.432. The van der Waals surface area contributed by atoms with Crippen molar-refractivity contribution in [2.24, 2.45) is 11.8 Å². The van der Waals surface area contributed by atoms with Gasteiger partial charge in [0.2, 0.25) is 11.8 Å². The molecule has 110 valence electrons. The lowest BCUT2D eigenvalue weighted by atomic mass is 9.85. The Balaban J connectivity index is 1.58. The van der Waals surface area contributed by atoms with E-state index in [1.807, 2.05) is 18.2 Å². The molecule has 1 aliphatic carbocycles. The quantitative estimate of drug-likeness (QED) is 0.631. The van der Waals surface area contributed by atoms with Crippen molar-refractivity contribution in [2.45, 2.75) is 25.7 Å². The molecule has 1 saturated heterocycles. The van der Waals surface area contributed by atoms with Crippen molar-refractivity contribution in [3.05, 3.63) is 47.8 Å². The van der Waals surface area contributed by atoms with Crippen LogP contribution in [0.5, 0.6) is 0 Å². The average Bonchev–Trinajstić information content (AvgIpc) is 2.73. The zero-order chi connectivity index (χ0) is 14.8. The predicted molar refractivity (Wildman–Crippen MR) is 76.8 cm³/mol. The molecule has 4 heteroatoms. The third-order valence-electron chi connectivity index (χ3n) is 4.34. The molecule has 0 N–H and O–H groups in total. The van der Waals surface area contributed by atoms with E-state index in [-0.39, 0.29) is 29.5 Å². The topological polar surface area (TPSA) is 37.4 Å². The first kappa shape index (κ1) is 14.0. The van der Waals surface area contributed by atoms with Gasteiger partial charge in [-0.25, -0.2) is 4.39 Å². The molecule has 1 fully saturated rings. The summed E-state index contributed by atoms with van der Waals surface area (Å²) in [6, 6.07) is 6.45. The number of benzene rings is 1. The van der Waals surface area contributed by atoms with E-state index >= 15 is 0 Å². The van der Waals surface area contributed by atoms with Gasteiger partial charge < -0.3 is 0 Å². The van der Waals surface area contributed by atoms with Crippen molar-refractivity contribution in [1.82, 2.24) is 4.90 Å². The van der Waals surface area contributed by atoms with Crippen LogP contribution >= 0.6 is 0 Å². The number of fused-ring (bicyclic) bond motifs is 1. The normalized spacial score (nSPS) is 24.5. The fourth-order valence-corrected chi connectivity index (χ4v) is 3.22. The van der Waals surface area contributed by atoms with E-state index in [0.29, 0.717) is 32.2 Å². The summed E-state index contributed by atoms with van der Waals surface area (Å²) in [7, 11) is 0. The highest BCUT2D eigenvalue weighted by molar-refractivity contribution is 6.05. The molecule has 2 aliphatic rings. The molecule has 3 nitrogen and oxygen atoms in total. The second-order valence-electron chi connectivity index (χ2n) is 5.72. The minimum Gasteiger partial charge on any atom is -0.282 e. The van der Waals surface area contributed by atoms with Crippen LogP contribution in [0.3, 0.4) is 0 Å². The van der Waals surface area contributed by atoms with Gasteiger partial charge in [0.15, 0.2) is 0 Å². The van der Waals surface area contributed by atoms with Gasteiger partial charge in [0.25, 0.3) is 0 Å². The van der Waals surface area contributed by atoms with E-state index in [1.54, 1.807) is 6.07 Å². The van der Waals surface area contributed by atoms with Crippen molar-refractivity contribution < 1.29 is 14.0 Å². The summed E-state index contributed by atoms with van der Waals surface area (Å²) in [6.07, 6.45) is 6.67. The monoisotopic (exact) mass is 287 g/mol. The molecule has 0 radical (unpaired) electrons. The third-order valence-corrected chi connectivity index (χ3v) is 4.34. The van der Waals surface area contributed by atoms with Gasteiger partial charge in [0.05, 0.1) is 11.8 Å². The second-order valence-corrected chi connectivity index (χ2v) is 5.72. The van der Waals surface area contributed by atoms with Crippen molar-refractivity contribution in [3.8, 4) is 0 Å². The number of likely N-dealkylation sites (tertiary alicyclic amines) is 1. The number of amides is 2. The summed E-state index contributed by atoms with van der Waals surface area (Å²) >= 11 is 0. The molecule has 2 atom stereocenters. The molecule has 3 rings (SSSR count). The lowest BCUT2D eigenvalue weighted by Gasteiger charge is -2.14. The fraction of sp³-hybridized carbons (Fsp3) is 0.412. The van der Waals surface area contributed by atoms with E-state index in [4.69, 9.17) is 0 Å². The van der Waals surface area contributed by atoms with E-state index in [0.717, 1.165) is 5.56 Å². The maximum absolute atomic E-state index is 13.1. The number of carbonyl (C=O) groups excluding carboxylic acids is 2. The number of hydrogen-bond acceptors (Lipinski definition) is 2. The number of nitrogens with zero attached hydrogens (tertiary/aromatic N) is 1. The number of aryl methyl sites for hydroxylation is 1. The highest BCUT2D eigenvalue weighted by atomic mass is 19.1. The summed E-state index contributed by atoms with van der Waals surface area (Å²) in [5.41, 5.74) is 0.896. The van der Waals surface area contributed by atoms with Crippen LogP contribution in [0.4, 0.5) is 4.39 Å². The Morgan fingerprint density at radius 2 is 1.76 bits per heavy atom. The Morgan fingerprint density at radius 3 is 2.38 bits per heavy atom. The molecule has 1 heterocycles. The van der Waals surface area contributed by atoms with Gasteiger partial charge >= 0.3 is 0 Å². The van der Waals surface area contributed by atoms with Crippen LogP contribution in [0.1, 0.15) is 24.8 Å². The number of imide groups is 1. The van der Waals surface area contributed by atoms with Gasteiger partial charge in [-0.1, -0.05) is 24.3 Å². The molecule has 0 bridgehead atoms. The van der Waals surface area contributed by atoms with E-state index in [1.165, 1.54) is 17.0 Å². The smallest absolute Gasteiger partial charge is 0.233 e. The van der Waals surface area contributed by atoms with Gasteiger partial charge in [0, 0.05) is 6.54 Å². The van der Waals surface area contributed by atoms with Gasteiger partial charge in [-0.2, -0.15) is 0 Å². The van der Waals surface area contributed by atoms with Crippen LogP contribution in [-0.4, -0.2) is 23.3 Å². The lowest BCUT2D eigenvalue weighted by molar-refractivity contribution is -0.139. The molecule has 1 aliphatic heterocycles. The summed E-state index contributed by atoms with van der Waals surface area (Å²) in [5, 5.41) is 0. The molecule has 1 aromatic carbocycles. The summed E-state index contributed by atoms with van der Waals surface area (Å²) in [5.74, 6) is -0.631. The first-order valence-electron chi connectivity index (χ1n) is 7.41. The second kappa shape index (κ2) is 5.80. The lowest BCUT2D eigenvalue weighted by Crippen LogP contribution is -2.32. The first-order valence-corrected chi connectivity index (χ1v) is 7.41. The van der Waals surface area contributed by atoms with Gasteiger partial charge in [-0.05, 0) is 43.4 Å². The number of carbonyl (C=O) groups is 2. The maximum Gasteiger partial charge on any atom is 0.233 e. The Labute approximate surface area is 123 Å². The molecule has 2 amide bonds. The first-order chi connectivity index (χ1) is 10.2. The molecule has 0 aromatic heterocycles. The van der Waals surface area contributed by atoms with Crippen LogP contribution < -0.4 is 0 Å². The Hall–Kier alpha value is -1.97. The largest absolute Gasteiger partial charge is 0.282 e. The molecule has 0 spiro atoms. The summed E-state index contributed by atoms with van der Waals surface area (Å²) < 4.78 is 13.1. The van der Waals surface area contributed by atoms with Crippen molar-refractivity contribution in [1.29, 1.82) is 0 Å². The maximum atomic E-state index is 13.1. The number of halogens is 1. The highest BCUT2D eigenvalue weighted by Gasteiger charge is 2.46. The van der Waals surface area contributed by atoms with E-state index in [2.05, 4.69) is 0 Å². The molecule has 21 heavy (non-hydrogen) atoms. The van der Waals surface area contributed by atoms with Gasteiger partial charge in [-0.15, -0.1) is 0 Å². The zero-order valence-electron chi connectivity index (χ0n) is 11.8. The van der Waals surface area contributed by atoms with Crippen LogP contribution in [-0.2, 0) is 16.0 Å². The third kappa shape index (κ3) is 2.75. The van der Waals surface area contributed by atoms with Crippen LogP contribution in [0.2, 0.25) is 0 Å². The number of hydrogen-bond donors (Lipinski definition) is 0. The zero-order valence-corrected chi connectivity index (χ0v) is 11.8. The van der Waals surface area contributed by atoms with Crippen LogP contribution in [0.25, 0.3) is 0 Å². The Morgan fingerprint density at radius 1 is 1.10 bits per heavy atom.